The van der Waals surface area contributed by atoms with E-state index in [1.807, 2.05) is 18.2 Å². The van der Waals surface area contributed by atoms with Crippen molar-refractivity contribution in [1.82, 2.24) is 0 Å². The molecule has 0 aromatic rings. The van der Waals surface area contributed by atoms with Crippen molar-refractivity contribution in [2.45, 2.75) is 142 Å². The van der Waals surface area contributed by atoms with Crippen LogP contribution < -0.4 is 5.73 Å². The number of allylic oxidation sites excluding steroid dienone is 12. The first-order valence-electron chi connectivity index (χ1n) is 19.0. The maximum absolute atomic E-state index is 12.5. The van der Waals surface area contributed by atoms with Crippen LogP contribution in [0.1, 0.15) is 129 Å². The van der Waals surface area contributed by atoms with Gasteiger partial charge in [0.05, 0.1) is 13.2 Å². The molecule has 0 aromatic carbocycles. The quantitative estimate of drug-likeness (QED) is 0.0248. The lowest BCUT2D eigenvalue weighted by Gasteiger charge is -2.20. The fraction of sp³-hybridized carbons (Fsp3) is 0.625. The number of phosphoric ester groups is 1. The molecule has 0 saturated heterocycles. The van der Waals surface area contributed by atoms with Crippen molar-refractivity contribution in [3.63, 3.8) is 0 Å². The Hall–Kier alpha value is -3.08. The Morgan fingerprint density at radius 2 is 1.08 bits per heavy atom. The highest BCUT2D eigenvalue weighted by atomic mass is 31.2. The topological polar surface area (TPSA) is 172 Å². The molecule has 0 aliphatic carbocycles. The zero-order valence-electron chi connectivity index (χ0n) is 31.6. The summed E-state index contributed by atoms with van der Waals surface area (Å²) in [7, 11) is -4.73. The number of aliphatic carboxylic acids is 1. The van der Waals surface area contributed by atoms with Crippen LogP contribution in [0.4, 0.5) is 0 Å². The smallest absolute Gasteiger partial charge is 0.472 e. The van der Waals surface area contributed by atoms with E-state index in [0.717, 1.165) is 51.4 Å². The molecule has 12 heteroatoms. The molecule has 1 unspecified atom stereocenters. The van der Waals surface area contributed by atoms with Gasteiger partial charge in [-0.1, -0.05) is 138 Å². The molecule has 0 aliphatic rings. The minimum absolute atomic E-state index is 0.0335. The van der Waals surface area contributed by atoms with E-state index in [-0.39, 0.29) is 19.4 Å². The van der Waals surface area contributed by atoms with Gasteiger partial charge in [-0.15, -0.1) is 0 Å². The summed E-state index contributed by atoms with van der Waals surface area (Å²) in [5.41, 5.74) is 5.30. The van der Waals surface area contributed by atoms with Gasteiger partial charge in [0.15, 0.2) is 6.10 Å². The second kappa shape index (κ2) is 35.0. The van der Waals surface area contributed by atoms with Crippen molar-refractivity contribution in [2.24, 2.45) is 5.73 Å². The summed E-state index contributed by atoms with van der Waals surface area (Å²) in [6.07, 6.45) is 40.0. The van der Waals surface area contributed by atoms with E-state index in [9.17, 15) is 23.8 Å². The van der Waals surface area contributed by atoms with E-state index < -0.39 is 51.1 Å². The van der Waals surface area contributed by atoms with E-state index >= 15 is 0 Å². The minimum Gasteiger partial charge on any atom is -0.480 e. The number of unbranched alkanes of at least 4 members (excludes halogenated alkanes) is 8. The third-order valence-electron chi connectivity index (χ3n) is 7.48. The first-order valence-corrected chi connectivity index (χ1v) is 20.5. The van der Waals surface area contributed by atoms with Crippen molar-refractivity contribution in [2.75, 3.05) is 19.8 Å². The van der Waals surface area contributed by atoms with Gasteiger partial charge in [0.1, 0.15) is 12.6 Å². The summed E-state index contributed by atoms with van der Waals surface area (Å²) in [5.74, 6) is -2.50. The Bertz CT molecular complexity index is 1160. The van der Waals surface area contributed by atoms with Crippen LogP contribution >= 0.6 is 7.82 Å². The van der Waals surface area contributed by atoms with Gasteiger partial charge in [-0.2, -0.15) is 0 Å². The van der Waals surface area contributed by atoms with Crippen LogP contribution in [-0.2, 0) is 37.5 Å². The molecular formula is C40H66NO10P. The van der Waals surface area contributed by atoms with Gasteiger partial charge in [0.2, 0.25) is 0 Å². The third kappa shape index (κ3) is 34.0. The van der Waals surface area contributed by atoms with E-state index in [4.69, 9.17) is 24.8 Å². The largest absolute Gasteiger partial charge is 0.480 e. The molecule has 0 aliphatic heterocycles. The lowest BCUT2D eigenvalue weighted by molar-refractivity contribution is -0.161. The van der Waals surface area contributed by atoms with Crippen LogP contribution in [0, 0.1) is 0 Å². The number of hydrogen-bond acceptors (Lipinski definition) is 9. The average Bonchev–Trinajstić information content (AvgIpc) is 3.12. The van der Waals surface area contributed by atoms with Crippen LogP contribution in [-0.4, -0.2) is 59.9 Å². The number of esters is 2. The zero-order valence-corrected chi connectivity index (χ0v) is 32.5. The van der Waals surface area contributed by atoms with Crippen LogP contribution in [0.25, 0.3) is 0 Å². The highest BCUT2D eigenvalue weighted by molar-refractivity contribution is 7.47. The fourth-order valence-corrected chi connectivity index (χ4v) is 5.28. The van der Waals surface area contributed by atoms with E-state index in [1.165, 1.54) is 32.1 Å². The van der Waals surface area contributed by atoms with Crippen molar-refractivity contribution < 1.29 is 47.5 Å². The Morgan fingerprint density at radius 3 is 1.58 bits per heavy atom. The minimum atomic E-state index is -4.73. The summed E-state index contributed by atoms with van der Waals surface area (Å²) in [5, 5.41) is 8.85. The highest BCUT2D eigenvalue weighted by Crippen LogP contribution is 2.43. The highest BCUT2D eigenvalue weighted by Gasteiger charge is 2.28. The molecule has 0 aromatic heterocycles. The maximum Gasteiger partial charge on any atom is 0.472 e. The predicted molar refractivity (Wildman–Crippen MR) is 207 cm³/mol. The number of rotatable bonds is 34. The summed E-state index contributed by atoms with van der Waals surface area (Å²) in [4.78, 5) is 45.6. The molecule has 0 radical (unpaired) electrons. The summed E-state index contributed by atoms with van der Waals surface area (Å²) >= 11 is 0. The Morgan fingerprint density at radius 1 is 0.615 bits per heavy atom. The van der Waals surface area contributed by atoms with Crippen LogP contribution in [0.5, 0.6) is 0 Å². The van der Waals surface area contributed by atoms with Crippen molar-refractivity contribution in [3.8, 4) is 0 Å². The molecule has 296 valence electrons. The standard InChI is InChI=1S/C40H66NO10P/c1-3-5-7-9-11-13-14-15-16-17-18-19-20-21-22-24-26-28-30-32-39(43)51-36(34-49-52(46,47)50-35-37(41)40(44)45)33-48-38(42)31-29-27-25-23-12-10-8-6-4-2/h5,7,11,13,15-16,18-19,21-22,26,28,36-37H,3-4,6,8-10,12,14,17,20,23-25,27,29-35,41H2,1-2H3,(H,44,45)(H,46,47)/b7-5+,13-11+,16-15+,19-18+,22-21+,28-26+/t36-,37-/m0/s1. The van der Waals surface area contributed by atoms with Gasteiger partial charge in [-0.05, 0) is 51.4 Å². The molecule has 3 atom stereocenters. The summed E-state index contributed by atoms with van der Waals surface area (Å²) in [6.45, 7) is 2.55. The molecule has 0 bridgehead atoms. The molecule has 0 spiro atoms. The van der Waals surface area contributed by atoms with E-state index in [2.05, 4.69) is 73.1 Å². The van der Waals surface area contributed by atoms with Gasteiger partial charge < -0.3 is 25.2 Å². The maximum atomic E-state index is 12.5. The van der Waals surface area contributed by atoms with Gasteiger partial charge in [-0.3, -0.25) is 23.4 Å². The molecule has 52 heavy (non-hydrogen) atoms. The van der Waals surface area contributed by atoms with Crippen LogP contribution in [0.2, 0.25) is 0 Å². The second-order valence-electron chi connectivity index (χ2n) is 12.3. The number of carboxylic acid groups (broad SMARTS) is 1. The Labute approximate surface area is 312 Å². The average molecular weight is 752 g/mol. The summed E-state index contributed by atoms with van der Waals surface area (Å²) < 4.78 is 32.4. The molecule has 0 amide bonds. The van der Waals surface area contributed by atoms with Gasteiger partial charge in [0, 0.05) is 12.8 Å². The lowest BCUT2D eigenvalue weighted by Crippen LogP contribution is -2.34. The Balaban J connectivity index is 4.57. The number of hydrogen-bond donors (Lipinski definition) is 3. The van der Waals surface area contributed by atoms with E-state index in [1.54, 1.807) is 0 Å². The number of ether oxygens (including phenoxy) is 2. The molecule has 4 N–H and O–H groups in total. The number of phosphoric acid groups is 1. The monoisotopic (exact) mass is 751 g/mol. The van der Waals surface area contributed by atoms with Crippen molar-refractivity contribution in [1.29, 1.82) is 0 Å². The normalized spacial score (nSPS) is 14.7. The number of nitrogens with two attached hydrogens (primary N) is 1. The second-order valence-corrected chi connectivity index (χ2v) is 13.8. The zero-order chi connectivity index (χ0) is 38.5. The van der Waals surface area contributed by atoms with Gasteiger partial charge >= 0.3 is 25.7 Å². The molecule has 0 rings (SSSR count). The van der Waals surface area contributed by atoms with Crippen molar-refractivity contribution in [3.05, 3.63) is 72.9 Å². The van der Waals surface area contributed by atoms with Crippen LogP contribution in [0.3, 0.4) is 0 Å². The molecule has 0 fully saturated rings. The number of carbonyl (C=O) groups is 3. The fourth-order valence-electron chi connectivity index (χ4n) is 4.50. The van der Waals surface area contributed by atoms with Gasteiger partial charge in [0.25, 0.3) is 0 Å². The lowest BCUT2D eigenvalue weighted by atomic mass is 10.1. The first-order chi connectivity index (χ1) is 25.1. The van der Waals surface area contributed by atoms with Crippen LogP contribution in [0.15, 0.2) is 72.9 Å². The molecule has 0 heterocycles. The van der Waals surface area contributed by atoms with E-state index in [0.29, 0.717) is 19.3 Å². The van der Waals surface area contributed by atoms with Crippen molar-refractivity contribution >= 4 is 25.7 Å². The summed E-state index contributed by atoms with van der Waals surface area (Å²) in [6, 6.07) is -1.53. The van der Waals surface area contributed by atoms with Gasteiger partial charge in [-0.25, -0.2) is 4.57 Å². The Kier molecular flexibility index (Phi) is 32.9. The SMILES string of the molecule is CC/C=C/C/C=C/C/C=C/C/C=C/C/C=C/C/C=C/CCC(=O)O[C@@H](COC(=O)CCCCCCCCCCC)COP(=O)(O)OC[C@H](N)C(=O)O. The molecule has 0 saturated carbocycles. The molecule has 11 nitrogen and oxygen atoms in total. The first kappa shape index (κ1) is 48.9. The predicted octanol–water partition coefficient (Wildman–Crippen LogP) is 9.39. The molecular weight excluding hydrogens is 685 g/mol. The third-order valence-corrected chi connectivity index (χ3v) is 8.43. The number of carboxylic acids is 1. The number of carbonyl (C=O) groups excluding carboxylic acids is 2.